The van der Waals surface area contributed by atoms with E-state index in [0.29, 0.717) is 12.0 Å². The van der Waals surface area contributed by atoms with Crippen molar-refractivity contribution in [2.75, 3.05) is 0 Å². The molecule has 1 heteroatoms. The minimum atomic E-state index is 0.230. The van der Waals surface area contributed by atoms with Gasteiger partial charge in [-0.3, -0.25) is 0 Å². The van der Waals surface area contributed by atoms with Crippen LogP contribution in [0.5, 0.6) is 0 Å². The minimum Gasteiger partial charge on any atom is -0.327 e. The van der Waals surface area contributed by atoms with Crippen molar-refractivity contribution in [3.8, 4) is 11.1 Å². The molecule has 19 heavy (non-hydrogen) atoms. The quantitative estimate of drug-likeness (QED) is 0.850. The summed E-state index contributed by atoms with van der Waals surface area (Å²) in [7, 11) is 0. The molecule has 1 fully saturated rings. The third-order valence-electron chi connectivity index (χ3n) is 4.76. The van der Waals surface area contributed by atoms with Gasteiger partial charge in [0, 0.05) is 6.04 Å². The molecule has 2 aromatic carbocycles. The van der Waals surface area contributed by atoms with E-state index < -0.39 is 0 Å². The minimum absolute atomic E-state index is 0.230. The second kappa shape index (κ2) is 4.50. The van der Waals surface area contributed by atoms with Gasteiger partial charge in [-0.15, -0.1) is 0 Å². The van der Waals surface area contributed by atoms with Gasteiger partial charge < -0.3 is 5.73 Å². The largest absolute Gasteiger partial charge is 0.327 e. The van der Waals surface area contributed by atoms with Crippen molar-refractivity contribution in [2.24, 2.45) is 11.1 Å². The van der Waals surface area contributed by atoms with Gasteiger partial charge in [-0.1, -0.05) is 68.4 Å². The Labute approximate surface area is 115 Å². The fourth-order valence-corrected chi connectivity index (χ4v) is 3.06. The molecule has 0 amide bonds. The van der Waals surface area contributed by atoms with Crippen molar-refractivity contribution in [2.45, 2.75) is 32.2 Å². The van der Waals surface area contributed by atoms with Gasteiger partial charge in [-0.05, 0) is 34.4 Å². The van der Waals surface area contributed by atoms with Crippen LogP contribution in [0.15, 0.2) is 54.6 Å². The van der Waals surface area contributed by atoms with E-state index in [2.05, 4.69) is 68.4 Å². The van der Waals surface area contributed by atoms with Crippen LogP contribution in [-0.4, -0.2) is 6.04 Å². The normalized spacial score (nSPS) is 24.8. The topological polar surface area (TPSA) is 26.0 Å². The van der Waals surface area contributed by atoms with E-state index in [9.17, 15) is 0 Å². The monoisotopic (exact) mass is 251 g/mol. The van der Waals surface area contributed by atoms with Crippen LogP contribution in [-0.2, 0) is 0 Å². The Morgan fingerprint density at radius 3 is 2.00 bits per heavy atom. The molecule has 0 radical (unpaired) electrons. The zero-order valence-electron chi connectivity index (χ0n) is 11.6. The van der Waals surface area contributed by atoms with Crippen molar-refractivity contribution in [3.05, 3.63) is 60.2 Å². The average molecular weight is 251 g/mol. The smallest absolute Gasteiger partial charge is 0.0102 e. The van der Waals surface area contributed by atoms with E-state index in [4.69, 9.17) is 5.73 Å². The summed E-state index contributed by atoms with van der Waals surface area (Å²) < 4.78 is 0. The summed E-state index contributed by atoms with van der Waals surface area (Å²) in [6.45, 7) is 4.55. The lowest BCUT2D eigenvalue weighted by molar-refractivity contribution is 0.0984. The number of nitrogens with two attached hydrogens (primary N) is 1. The van der Waals surface area contributed by atoms with Gasteiger partial charge in [-0.2, -0.15) is 0 Å². The maximum absolute atomic E-state index is 6.10. The third kappa shape index (κ3) is 2.08. The molecule has 2 unspecified atom stereocenters. The first-order valence-electron chi connectivity index (χ1n) is 7.00. The first-order chi connectivity index (χ1) is 9.09. The van der Waals surface area contributed by atoms with Gasteiger partial charge in [0.05, 0.1) is 0 Å². The lowest BCUT2D eigenvalue weighted by Crippen LogP contribution is -2.52. The maximum Gasteiger partial charge on any atom is 0.0102 e. The molecule has 2 atom stereocenters. The standard InChI is InChI=1S/C18H21N/c1-18(2)16(12-17(18)19)15-10-8-14(9-11-15)13-6-4-3-5-7-13/h3-11,16-17H,12,19H2,1-2H3. The molecule has 2 aromatic rings. The Morgan fingerprint density at radius 1 is 0.895 bits per heavy atom. The van der Waals surface area contributed by atoms with Crippen molar-refractivity contribution < 1.29 is 0 Å². The maximum atomic E-state index is 6.10. The molecule has 2 N–H and O–H groups in total. The number of rotatable bonds is 2. The predicted octanol–water partition coefficient (Wildman–Crippen LogP) is 4.19. The number of hydrogen-bond acceptors (Lipinski definition) is 1. The van der Waals surface area contributed by atoms with Crippen molar-refractivity contribution >= 4 is 0 Å². The molecule has 3 rings (SSSR count). The van der Waals surface area contributed by atoms with Crippen LogP contribution in [0.1, 0.15) is 31.7 Å². The van der Waals surface area contributed by atoms with E-state index >= 15 is 0 Å². The van der Waals surface area contributed by atoms with Crippen LogP contribution >= 0.6 is 0 Å². The van der Waals surface area contributed by atoms with E-state index in [-0.39, 0.29) is 5.41 Å². The van der Waals surface area contributed by atoms with Crippen LogP contribution in [0.4, 0.5) is 0 Å². The van der Waals surface area contributed by atoms with Gasteiger partial charge in [-0.25, -0.2) is 0 Å². The third-order valence-corrected chi connectivity index (χ3v) is 4.76. The molecule has 0 saturated heterocycles. The van der Waals surface area contributed by atoms with Crippen molar-refractivity contribution in [1.82, 2.24) is 0 Å². The summed E-state index contributed by atoms with van der Waals surface area (Å²) in [5.74, 6) is 0.604. The Bertz CT molecular complexity index is 554. The second-order valence-corrected chi connectivity index (χ2v) is 6.20. The molecular formula is C18H21N. The van der Waals surface area contributed by atoms with E-state index in [1.54, 1.807) is 0 Å². The Hall–Kier alpha value is -1.60. The molecule has 98 valence electrons. The molecular weight excluding hydrogens is 230 g/mol. The summed E-state index contributed by atoms with van der Waals surface area (Å²) in [6.07, 6.45) is 1.11. The molecule has 0 spiro atoms. The van der Waals surface area contributed by atoms with Crippen LogP contribution in [0, 0.1) is 5.41 Å². The first-order valence-corrected chi connectivity index (χ1v) is 7.00. The fourth-order valence-electron chi connectivity index (χ4n) is 3.06. The van der Waals surface area contributed by atoms with Gasteiger partial charge in [0.15, 0.2) is 0 Å². The van der Waals surface area contributed by atoms with Crippen molar-refractivity contribution in [1.29, 1.82) is 0 Å². The predicted molar refractivity (Wildman–Crippen MR) is 81.0 cm³/mol. The van der Waals surface area contributed by atoms with Crippen LogP contribution in [0.2, 0.25) is 0 Å². The van der Waals surface area contributed by atoms with Crippen LogP contribution in [0.3, 0.4) is 0 Å². The van der Waals surface area contributed by atoms with E-state index in [0.717, 1.165) is 6.42 Å². The summed E-state index contributed by atoms with van der Waals surface area (Å²) >= 11 is 0. The Balaban J connectivity index is 1.85. The molecule has 1 saturated carbocycles. The summed E-state index contributed by atoms with van der Waals surface area (Å²) in [6, 6.07) is 19.8. The zero-order chi connectivity index (χ0) is 13.5. The molecule has 0 aliphatic heterocycles. The SMILES string of the molecule is CC1(C)C(N)CC1c1ccc(-c2ccccc2)cc1. The highest BCUT2D eigenvalue weighted by atomic mass is 14.8. The second-order valence-electron chi connectivity index (χ2n) is 6.20. The molecule has 1 nitrogen and oxygen atoms in total. The Morgan fingerprint density at radius 2 is 1.47 bits per heavy atom. The van der Waals surface area contributed by atoms with E-state index in [1.807, 2.05) is 0 Å². The van der Waals surface area contributed by atoms with Crippen molar-refractivity contribution in [3.63, 3.8) is 0 Å². The number of hydrogen-bond donors (Lipinski definition) is 1. The molecule has 1 aliphatic carbocycles. The van der Waals surface area contributed by atoms with Gasteiger partial charge in [0.1, 0.15) is 0 Å². The highest BCUT2D eigenvalue weighted by Gasteiger charge is 2.46. The molecule has 0 bridgehead atoms. The lowest BCUT2D eigenvalue weighted by atomic mass is 9.57. The van der Waals surface area contributed by atoms with Gasteiger partial charge >= 0.3 is 0 Å². The fraction of sp³-hybridized carbons (Fsp3) is 0.333. The van der Waals surface area contributed by atoms with Crippen LogP contribution < -0.4 is 5.73 Å². The summed E-state index contributed by atoms with van der Waals surface area (Å²) in [4.78, 5) is 0. The molecule has 0 heterocycles. The van der Waals surface area contributed by atoms with Crippen LogP contribution in [0.25, 0.3) is 11.1 Å². The highest BCUT2D eigenvalue weighted by Crippen LogP contribution is 2.51. The Kier molecular flexibility index (Phi) is 2.94. The highest BCUT2D eigenvalue weighted by molar-refractivity contribution is 5.63. The van der Waals surface area contributed by atoms with Gasteiger partial charge in [0.25, 0.3) is 0 Å². The summed E-state index contributed by atoms with van der Waals surface area (Å²) in [5.41, 5.74) is 10.3. The first kappa shape index (κ1) is 12.4. The van der Waals surface area contributed by atoms with E-state index in [1.165, 1.54) is 16.7 Å². The average Bonchev–Trinajstić information content (AvgIpc) is 2.46. The summed E-state index contributed by atoms with van der Waals surface area (Å²) in [5, 5.41) is 0. The lowest BCUT2D eigenvalue weighted by Gasteiger charge is -2.50. The van der Waals surface area contributed by atoms with Gasteiger partial charge in [0.2, 0.25) is 0 Å². The zero-order valence-corrected chi connectivity index (χ0v) is 11.6. The number of benzene rings is 2. The molecule has 1 aliphatic rings. The molecule has 0 aromatic heterocycles.